The van der Waals surface area contributed by atoms with Gasteiger partial charge in [0.05, 0.1) is 16.5 Å². The molecule has 178 valence electrons. The predicted molar refractivity (Wildman–Crippen MR) is 139 cm³/mol. The fourth-order valence-electron chi connectivity index (χ4n) is 3.74. The lowest BCUT2D eigenvalue weighted by atomic mass is 10.0. The molecule has 0 bridgehead atoms. The SMILES string of the molecule is CCCNC(=O)[C@H](Cc1ccccc1)N(Cc1ccc(Cl)c(Cl)c1)C(=O)Cc1ccc(C)cc1. The van der Waals surface area contributed by atoms with Crippen LogP contribution in [0.3, 0.4) is 0 Å². The van der Waals surface area contributed by atoms with E-state index in [1.165, 1.54) is 0 Å². The minimum Gasteiger partial charge on any atom is -0.354 e. The highest BCUT2D eigenvalue weighted by molar-refractivity contribution is 6.42. The van der Waals surface area contributed by atoms with Gasteiger partial charge in [-0.15, -0.1) is 0 Å². The van der Waals surface area contributed by atoms with E-state index in [1.807, 2.05) is 74.5 Å². The number of hydrogen-bond donors (Lipinski definition) is 1. The van der Waals surface area contributed by atoms with Gasteiger partial charge in [-0.3, -0.25) is 9.59 Å². The molecule has 6 heteroatoms. The van der Waals surface area contributed by atoms with Crippen LogP contribution in [0, 0.1) is 6.92 Å². The molecule has 0 aliphatic carbocycles. The van der Waals surface area contributed by atoms with E-state index in [9.17, 15) is 9.59 Å². The van der Waals surface area contributed by atoms with E-state index in [0.29, 0.717) is 23.0 Å². The van der Waals surface area contributed by atoms with Gasteiger partial charge in [0.2, 0.25) is 11.8 Å². The van der Waals surface area contributed by atoms with E-state index >= 15 is 0 Å². The van der Waals surface area contributed by atoms with E-state index in [0.717, 1.165) is 28.7 Å². The topological polar surface area (TPSA) is 49.4 Å². The second-order valence-corrected chi connectivity index (χ2v) is 9.24. The van der Waals surface area contributed by atoms with E-state index in [-0.39, 0.29) is 24.8 Å². The number of hydrogen-bond acceptors (Lipinski definition) is 2. The highest BCUT2D eigenvalue weighted by Gasteiger charge is 2.30. The minimum atomic E-state index is -0.665. The van der Waals surface area contributed by atoms with Crippen molar-refractivity contribution in [1.29, 1.82) is 0 Å². The lowest BCUT2D eigenvalue weighted by Crippen LogP contribution is -2.51. The summed E-state index contributed by atoms with van der Waals surface area (Å²) in [5, 5.41) is 3.85. The molecule has 0 heterocycles. The number of rotatable bonds is 10. The summed E-state index contributed by atoms with van der Waals surface area (Å²) in [5.74, 6) is -0.287. The molecule has 34 heavy (non-hydrogen) atoms. The van der Waals surface area contributed by atoms with Crippen LogP contribution in [0.2, 0.25) is 10.0 Å². The second kappa shape index (κ2) is 12.6. The van der Waals surface area contributed by atoms with Crippen LogP contribution < -0.4 is 5.32 Å². The van der Waals surface area contributed by atoms with Crippen molar-refractivity contribution < 1.29 is 9.59 Å². The molecule has 0 aliphatic rings. The molecule has 4 nitrogen and oxygen atoms in total. The van der Waals surface area contributed by atoms with Gasteiger partial charge < -0.3 is 10.2 Å². The van der Waals surface area contributed by atoms with Crippen molar-refractivity contribution in [3.63, 3.8) is 0 Å². The maximum atomic E-state index is 13.7. The zero-order chi connectivity index (χ0) is 24.5. The second-order valence-electron chi connectivity index (χ2n) is 8.43. The van der Waals surface area contributed by atoms with Gasteiger partial charge in [-0.05, 0) is 42.2 Å². The standard InChI is InChI=1S/C28H30Cl2N2O2/c1-3-15-31-28(34)26(17-21-7-5-4-6-8-21)32(19-23-13-14-24(29)25(30)16-23)27(33)18-22-11-9-20(2)10-12-22/h4-14,16,26H,3,15,17-19H2,1-2H3,(H,31,34)/t26-/m0/s1. The predicted octanol–water partition coefficient (Wildman–Crippen LogP) is 6.01. The molecule has 3 aromatic carbocycles. The summed E-state index contributed by atoms with van der Waals surface area (Å²) < 4.78 is 0. The third-order valence-corrected chi connectivity index (χ3v) is 6.37. The Hall–Kier alpha value is -2.82. The summed E-state index contributed by atoms with van der Waals surface area (Å²) in [6.07, 6.45) is 1.43. The molecule has 2 amide bonds. The number of benzene rings is 3. The van der Waals surface area contributed by atoms with Crippen molar-refractivity contribution >= 4 is 35.0 Å². The number of nitrogens with one attached hydrogen (secondary N) is 1. The van der Waals surface area contributed by atoms with Crippen molar-refractivity contribution in [3.8, 4) is 0 Å². The molecule has 0 saturated heterocycles. The number of nitrogens with zero attached hydrogens (tertiary/aromatic N) is 1. The Kier molecular flexibility index (Phi) is 9.55. The van der Waals surface area contributed by atoms with Crippen molar-refractivity contribution in [1.82, 2.24) is 10.2 Å². The molecular weight excluding hydrogens is 467 g/mol. The average molecular weight is 497 g/mol. The zero-order valence-corrected chi connectivity index (χ0v) is 21.1. The van der Waals surface area contributed by atoms with Crippen LogP contribution in [0.25, 0.3) is 0 Å². The third-order valence-electron chi connectivity index (χ3n) is 5.63. The molecule has 0 radical (unpaired) electrons. The van der Waals surface area contributed by atoms with Gasteiger partial charge >= 0.3 is 0 Å². The van der Waals surface area contributed by atoms with Gasteiger partial charge in [0.1, 0.15) is 6.04 Å². The molecule has 0 saturated carbocycles. The Morgan fingerprint density at radius 2 is 1.56 bits per heavy atom. The number of carbonyl (C=O) groups is 2. The van der Waals surface area contributed by atoms with Crippen molar-refractivity contribution in [2.45, 2.75) is 45.7 Å². The van der Waals surface area contributed by atoms with Gasteiger partial charge in [0, 0.05) is 19.5 Å². The van der Waals surface area contributed by atoms with Gasteiger partial charge in [-0.25, -0.2) is 0 Å². The Labute approximate surface area is 211 Å². The lowest BCUT2D eigenvalue weighted by molar-refractivity contribution is -0.140. The highest BCUT2D eigenvalue weighted by atomic mass is 35.5. The largest absolute Gasteiger partial charge is 0.354 e. The summed E-state index contributed by atoms with van der Waals surface area (Å²) in [7, 11) is 0. The number of halogens is 2. The number of carbonyl (C=O) groups excluding carboxylic acids is 2. The van der Waals surface area contributed by atoms with Crippen LogP contribution in [0.1, 0.15) is 35.6 Å². The molecule has 3 rings (SSSR count). The summed E-state index contributed by atoms with van der Waals surface area (Å²) in [5.41, 5.74) is 3.83. The fraction of sp³-hybridized carbons (Fsp3) is 0.286. The van der Waals surface area contributed by atoms with E-state index in [1.54, 1.807) is 17.0 Å². The average Bonchev–Trinajstić information content (AvgIpc) is 2.84. The first-order valence-electron chi connectivity index (χ1n) is 11.5. The summed E-state index contributed by atoms with van der Waals surface area (Å²) in [6, 6.07) is 22.3. The van der Waals surface area contributed by atoms with Crippen LogP contribution >= 0.6 is 23.2 Å². The Morgan fingerprint density at radius 1 is 0.882 bits per heavy atom. The number of amides is 2. The van der Waals surface area contributed by atoms with E-state index in [4.69, 9.17) is 23.2 Å². The molecule has 1 atom stereocenters. The highest BCUT2D eigenvalue weighted by Crippen LogP contribution is 2.24. The maximum Gasteiger partial charge on any atom is 0.243 e. The first-order valence-corrected chi connectivity index (χ1v) is 12.2. The quantitative estimate of drug-likeness (QED) is 0.373. The smallest absolute Gasteiger partial charge is 0.243 e. The number of aryl methyl sites for hydroxylation is 1. The van der Waals surface area contributed by atoms with Gasteiger partial charge in [0.15, 0.2) is 0 Å². The minimum absolute atomic E-state index is 0.123. The normalized spacial score (nSPS) is 11.6. The monoisotopic (exact) mass is 496 g/mol. The Balaban J connectivity index is 1.96. The molecule has 0 aromatic heterocycles. The summed E-state index contributed by atoms with van der Waals surface area (Å²) >= 11 is 12.3. The third kappa shape index (κ3) is 7.34. The lowest BCUT2D eigenvalue weighted by Gasteiger charge is -2.32. The van der Waals surface area contributed by atoms with Crippen LogP contribution in [-0.4, -0.2) is 29.3 Å². The fourth-order valence-corrected chi connectivity index (χ4v) is 4.06. The summed E-state index contributed by atoms with van der Waals surface area (Å²) in [6.45, 7) is 4.81. The molecule has 0 aliphatic heterocycles. The first-order chi connectivity index (χ1) is 16.4. The van der Waals surface area contributed by atoms with Crippen LogP contribution in [0.15, 0.2) is 72.8 Å². The van der Waals surface area contributed by atoms with Crippen molar-refractivity contribution in [2.75, 3.05) is 6.54 Å². The van der Waals surface area contributed by atoms with Crippen LogP contribution in [-0.2, 0) is 29.0 Å². The maximum absolute atomic E-state index is 13.7. The van der Waals surface area contributed by atoms with E-state index < -0.39 is 6.04 Å². The summed E-state index contributed by atoms with van der Waals surface area (Å²) in [4.78, 5) is 28.6. The molecule has 0 spiro atoms. The van der Waals surface area contributed by atoms with Crippen molar-refractivity contribution in [3.05, 3.63) is 105 Å². The molecule has 0 unspecified atom stereocenters. The zero-order valence-electron chi connectivity index (χ0n) is 19.6. The molecule has 1 N–H and O–H groups in total. The Bertz CT molecular complexity index is 1100. The van der Waals surface area contributed by atoms with Gasteiger partial charge in [0.25, 0.3) is 0 Å². The van der Waals surface area contributed by atoms with Gasteiger partial charge in [-0.1, -0.05) is 96.4 Å². The first kappa shape index (κ1) is 25.8. The van der Waals surface area contributed by atoms with Gasteiger partial charge in [-0.2, -0.15) is 0 Å². The molecule has 0 fully saturated rings. The molecule has 3 aromatic rings. The van der Waals surface area contributed by atoms with Crippen LogP contribution in [0.5, 0.6) is 0 Å². The molecular formula is C28H30Cl2N2O2. The van der Waals surface area contributed by atoms with Crippen molar-refractivity contribution in [2.24, 2.45) is 0 Å². The van der Waals surface area contributed by atoms with E-state index in [2.05, 4.69) is 5.32 Å². The Morgan fingerprint density at radius 3 is 2.21 bits per heavy atom. The van der Waals surface area contributed by atoms with Crippen LogP contribution in [0.4, 0.5) is 0 Å².